The maximum absolute atomic E-state index is 12.8. The quantitative estimate of drug-likeness (QED) is 0.542. The van der Waals surface area contributed by atoms with E-state index in [9.17, 15) is 22.9 Å². The van der Waals surface area contributed by atoms with Crippen LogP contribution in [0.1, 0.15) is 21.7 Å². The second-order valence-corrected chi connectivity index (χ2v) is 6.77. The lowest BCUT2D eigenvalue weighted by atomic mass is 10.0. The first kappa shape index (κ1) is 17.0. The van der Waals surface area contributed by atoms with Gasteiger partial charge in [-0.25, -0.2) is 0 Å². The summed E-state index contributed by atoms with van der Waals surface area (Å²) < 4.78 is 42.7. The molecule has 0 spiro atoms. The molecule has 130 valence electrons. The fraction of sp³-hybridized carbons (Fsp3) is 0.118. The second-order valence-electron chi connectivity index (χ2n) is 5.38. The van der Waals surface area contributed by atoms with Crippen LogP contribution in [0.15, 0.2) is 45.7 Å². The van der Waals surface area contributed by atoms with E-state index in [-0.39, 0.29) is 17.1 Å². The zero-order valence-corrected chi connectivity index (χ0v) is 14.1. The van der Waals surface area contributed by atoms with Crippen LogP contribution in [-0.2, 0) is 10.1 Å². The van der Waals surface area contributed by atoms with Crippen LogP contribution in [0.5, 0.6) is 11.5 Å². The SMILES string of the molecule is COc1cc(O)c(C(=O)c2oc3ccccc3c2C)cc1S(=O)(=O)O. The largest absolute Gasteiger partial charge is 0.507 e. The van der Waals surface area contributed by atoms with Crippen LogP contribution in [0.25, 0.3) is 11.0 Å². The predicted octanol–water partition coefficient (Wildman–Crippen LogP) is 2.93. The minimum Gasteiger partial charge on any atom is -0.507 e. The van der Waals surface area contributed by atoms with Gasteiger partial charge in [-0.3, -0.25) is 9.35 Å². The van der Waals surface area contributed by atoms with E-state index in [4.69, 9.17) is 9.15 Å². The van der Waals surface area contributed by atoms with Crippen LogP contribution in [0, 0.1) is 6.92 Å². The number of rotatable bonds is 4. The number of ether oxygens (including phenoxy) is 1. The van der Waals surface area contributed by atoms with Gasteiger partial charge in [0.1, 0.15) is 22.0 Å². The highest BCUT2D eigenvalue weighted by atomic mass is 32.2. The normalized spacial score (nSPS) is 11.6. The molecule has 8 heteroatoms. The number of carbonyl (C=O) groups is 1. The van der Waals surface area contributed by atoms with E-state index in [1.165, 1.54) is 7.11 Å². The van der Waals surface area contributed by atoms with Gasteiger partial charge in [-0.2, -0.15) is 8.42 Å². The molecule has 7 nitrogen and oxygen atoms in total. The summed E-state index contributed by atoms with van der Waals surface area (Å²) in [4.78, 5) is 12.1. The number of aromatic hydroxyl groups is 1. The van der Waals surface area contributed by atoms with Crippen LogP contribution >= 0.6 is 0 Å². The van der Waals surface area contributed by atoms with Gasteiger partial charge in [0.2, 0.25) is 5.78 Å². The molecule has 0 aliphatic carbocycles. The number of para-hydroxylation sites is 1. The first-order chi connectivity index (χ1) is 11.7. The number of furan rings is 1. The minimum atomic E-state index is -4.65. The van der Waals surface area contributed by atoms with Gasteiger partial charge in [0.15, 0.2) is 5.76 Å². The first-order valence-corrected chi connectivity index (χ1v) is 8.59. The number of hydrogen-bond donors (Lipinski definition) is 2. The Morgan fingerprint density at radius 3 is 2.48 bits per heavy atom. The van der Waals surface area contributed by atoms with Gasteiger partial charge < -0.3 is 14.3 Å². The third kappa shape index (κ3) is 2.86. The molecule has 1 heterocycles. The van der Waals surface area contributed by atoms with Crippen molar-refractivity contribution in [3.63, 3.8) is 0 Å². The average molecular weight is 362 g/mol. The third-order valence-electron chi connectivity index (χ3n) is 3.85. The van der Waals surface area contributed by atoms with Crippen molar-refractivity contribution in [2.24, 2.45) is 0 Å². The average Bonchev–Trinajstić information content (AvgIpc) is 2.90. The van der Waals surface area contributed by atoms with E-state index < -0.39 is 26.5 Å². The highest BCUT2D eigenvalue weighted by Gasteiger charge is 2.26. The summed E-state index contributed by atoms with van der Waals surface area (Å²) in [6.07, 6.45) is 0. The van der Waals surface area contributed by atoms with Gasteiger partial charge in [0.25, 0.3) is 10.1 Å². The van der Waals surface area contributed by atoms with E-state index in [1.54, 1.807) is 31.2 Å². The number of ketones is 1. The highest BCUT2D eigenvalue weighted by molar-refractivity contribution is 7.86. The van der Waals surface area contributed by atoms with Crippen molar-refractivity contribution in [3.8, 4) is 11.5 Å². The summed E-state index contributed by atoms with van der Waals surface area (Å²) in [6.45, 7) is 1.68. The molecule has 1 aromatic heterocycles. The van der Waals surface area contributed by atoms with Gasteiger partial charge in [-0.1, -0.05) is 18.2 Å². The van der Waals surface area contributed by atoms with Gasteiger partial charge in [-0.05, 0) is 19.1 Å². The lowest BCUT2D eigenvalue weighted by Crippen LogP contribution is -2.07. The standard InChI is InChI=1S/C17H14O7S/c1-9-10-5-3-4-6-13(10)24-17(9)16(19)11-7-15(25(20,21)22)14(23-2)8-12(11)18/h3-8,18H,1-2H3,(H,20,21,22). The number of phenols is 1. The Balaban J connectivity index is 2.21. The van der Waals surface area contributed by atoms with Gasteiger partial charge in [0.05, 0.1) is 12.7 Å². The molecule has 0 radical (unpaired) electrons. The predicted molar refractivity (Wildman–Crippen MR) is 88.9 cm³/mol. The smallest absolute Gasteiger partial charge is 0.298 e. The first-order valence-electron chi connectivity index (χ1n) is 7.15. The summed E-state index contributed by atoms with van der Waals surface area (Å²) in [7, 11) is -3.48. The molecule has 0 unspecified atom stereocenters. The fourth-order valence-electron chi connectivity index (χ4n) is 2.61. The van der Waals surface area contributed by atoms with Crippen molar-refractivity contribution in [2.45, 2.75) is 11.8 Å². The minimum absolute atomic E-state index is 0.0250. The molecule has 25 heavy (non-hydrogen) atoms. The van der Waals surface area contributed by atoms with E-state index >= 15 is 0 Å². The van der Waals surface area contributed by atoms with Crippen LogP contribution in [0.3, 0.4) is 0 Å². The van der Waals surface area contributed by atoms with Crippen molar-refractivity contribution in [1.29, 1.82) is 0 Å². The second kappa shape index (κ2) is 5.91. The molecule has 0 aliphatic heterocycles. The monoisotopic (exact) mass is 362 g/mol. The van der Waals surface area contributed by atoms with Crippen molar-refractivity contribution >= 4 is 26.9 Å². The van der Waals surface area contributed by atoms with Gasteiger partial charge in [-0.15, -0.1) is 0 Å². The molecule has 0 saturated carbocycles. The molecule has 2 N–H and O–H groups in total. The maximum atomic E-state index is 12.8. The molecule has 0 fully saturated rings. The van der Waals surface area contributed by atoms with Crippen molar-refractivity contribution in [2.75, 3.05) is 7.11 Å². The number of methoxy groups -OCH3 is 1. The maximum Gasteiger partial charge on any atom is 0.298 e. The molecule has 0 saturated heterocycles. The number of carbonyl (C=O) groups excluding carboxylic acids is 1. The van der Waals surface area contributed by atoms with Crippen molar-refractivity contribution < 1.29 is 32.0 Å². The number of hydrogen-bond acceptors (Lipinski definition) is 6. The van der Waals surface area contributed by atoms with E-state index in [0.29, 0.717) is 11.1 Å². The molecule has 3 aromatic rings. The molecule has 2 aromatic carbocycles. The summed E-state index contributed by atoms with van der Waals surface area (Å²) in [5, 5.41) is 10.8. The van der Waals surface area contributed by atoms with Crippen molar-refractivity contribution in [3.05, 3.63) is 53.3 Å². The Morgan fingerprint density at radius 1 is 1.20 bits per heavy atom. The lowest BCUT2D eigenvalue weighted by molar-refractivity contribution is 0.101. The number of fused-ring (bicyclic) bond motifs is 1. The summed E-state index contributed by atoms with van der Waals surface area (Å²) in [5.74, 6) is -1.51. The zero-order valence-electron chi connectivity index (χ0n) is 13.3. The topological polar surface area (TPSA) is 114 Å². The lowest BCUT2D eigenvalue weighted by Gasteiger charge is -2.10. The van der Waals surface area contributed by atoms with E-state index in [0.717, 1.165) is 17.5 Å². The summed E-state index contributed by atoms with van der Waals surface area (Å²) in [5.41, 5.74) is 0.728. The molecular weight excluding hydrogens is 348 g/mol. The van der Waals surface area contributed by atoms with Crippen molar-refractivity contribution in [1.82, 2.24) is 0 Å². The van der Waals surface area contributed by atoms with Gasteiger partial charge >= 0.3 is 0 Å². The van der Waals surface area contributed by atoms with E-state index in [1.807, 2.05) is 0 Å². The molecule has 3 rings (SSSR count). The number of benzene rings is 2. The van der Waals surface area contributed by atoms with Crippen LogP contribution in [-0.4, -0.2) is 31.0 Å². The zero-order chi connectivity index (χ0) is 18.4. The molecule has 0 amide bonds. The fourth-order valence-corrected chi connectivity index (χ4v) is 3.27. The Labute approximate surface area is 143 Å². The van der Waals surface area contributed by atoms with E-state index in [2.05, 4.69) is 0 Å². The van der Waals surface area contributed by atoms with Gasteiger partial charge in [0, 0.05) is 17.0 Å². The Kier molecular flexibility index (Phi) is 4.02. The Morgan fingerprint density at radius 2 is 1.88 bits per heavy atom. The summed E-state index contributed by atoms with van der Waals surface area (Å²) >= 11 is 0. The Hall–Kier alpha value is -2.84. The van der Waals surface area contributed by atoms with Crippen LogP contribution in [0.4, 0.5) is 0 Å². The molecule has 0 aliphatic rings. The number of aryl methyl sites for hydroxylation is 1. The van der Waals surface area contributed by atoms with Crippen LogP contribution in [0.2, 0.25) is 0 Å². The highest BCUT2D eigenvalue weighted by Crippen LogP contribution is 2.34. The Bertz CT molecular complexity index is 1090. The molecule has 0 atom stereocenters. The third-order valence-corrected chi connectivity index (χ3v) is 4.73. The summed E-state index contributed by atoms with van der Waals surface area (Å²) in [6, 6.07) is 8.83. The molecular formula is C17H14O7S. The number of phenolic OH excluding ortho intramolecular Hbond substituents is 1. The molecule has 0 bridgehead atoms. The van der Waals surface area contributed by atoms with Crippen LogP contribution < -0.4 is 4.74 Å².